The highest BCUT2D eigenvalue weighted by Crippen LogP contribution is 2.23. The van der Waals surface area contributed by atoms with E-state index in [0.717, 1.165) is 16.7 Å². The van der Waals surface area contributed by atoms with E-state index in [2.05, 4.69) is 20.5 Å². The second kappa shape index (κ2) is 9.08. The minimum atomic E-state index is -0.528. The van der Waals surface area contributed by atoms with Crippen LogP contribution in [0.3, 0.4) is 0 Å². The molecule has 150 valence electrons. The van der Waals surface area contributed by atoms with Crippen molar-refractivity contribution in [2.24, 2.45) is 5.10 Å². The number of benzene rings is 3. The fraction of sp³-hybridized carbons (Fsp3) is 0. The molecule has 1 heterocycles. The van der Waals surface area contributed by atoms with E-state index in [1.54, 1.807) is 18.3 Å². The monoisotopic (exact) mass is 425 g/mol. The van der Waals surface area contributed by atoms with Gasteiger partial charge < -0.3 is 0 Å². The molecular formula is C24H16ClN5O. The van der Waals surface area contributed by atoms with E-state index >= 15 is 0 Å². The average molecular weight is 426 g/mol. The van der Waals surface area contributed by atoms with Crippen LogP contribution >= 0.6 is 11.6 Å². The Labute approximate surface area is 183 Å². The number of aromatic nitrogens is 2. The van der Waals surface area contributed by atoms with Gasteiger partial charge in [0.25, 0.3) is 5.56 Å². The maximum Gasteiger partial charge on any atom is 0.270 e. The third-order valence-electron chi connectivity index (χ3n) is 4.53. The van der Waals surface area contributed by atoms with Crippen LogP contribution in [0, 0.1) is 11.3 Å². The topological polar surface area (TPSA) is 93.9 Å². The molecule has 6 nitrogen and oxygen atoms in total. The van der Waals surface area contributed by atoms with Crippen LogP contribution in [-0.4, -0.2) is 16.2 Å². The zero-order chi connectivity index (χ0) is 21.6. The fourth-order valence-electron chi connectivity index (χ4n) is 3.03. The summed E-state index contributed by atoms with van der Waals surface area (Å²) < 4.78 is 0. The lowest BCUT2D eigenvalue weighted by atomic mass is 10.0. The lowest BCUT2D eigenvalue weighted by Crippen LogP contribution is -2.16. The van der Waals surface area contributed by atoms with Gasteiger partial charge in [-0.1, -0.05) is 78.3 Å². The van der Waals surface area contributed by atoms with E-state index in [1.165, 1.54) is 0 Å². The van der Waals surface area contributed by atoms with E-state index in [9.17, 15) is 10.1 Å². The Morgan fingerprint density at radius 2 is 1.71 bits per heavy atom. The maximum absolute atomic E-state index is 12.3. The first kappa shape index (κ1) is 20.1. The highest BCUT2D eigenvalue weighted by atomic mass is 35.5. The van der Waals surface area contributed by atoms with Gasteiger partial charge in [-0.05, 0) is 28.8 Å². The van der Waals surface area contributed by atoms with Crippen LogP contribution in [0.4, 0.5) is 5.95 Å². The van der Waals surface area contributed by atoms with Crippen LogP contribution in [0.1, 0.15) is 11.1 Å². The van der Waals surface area contributed by atoms with Gasteiger partial charge in [0.15, 0.2) is 0 Å². The Hall–Kier alpha value is -4.21. The Balaban J connectivity index is 1.53. The highest BCUT2D eigenvalue weighted by molar-refractivity contribution is 6.30. The molecule has 0 saturated heterocycles. The number of H-pyrrole nitrogens is 1. The molecule has 1 aromatic heterocycles. The van der Waals surface area contributed by atoms with Crippen molar-refractivity contribution < 1.29 is 0 Å². The molecule has 0 aliphatic carbocycles. The molecule has 0 aliphatic rings. The van der Waals surface area contributed by atoms with E-state index in [0.29, 0.717) is 16.3 Å². The van der Waals surface area contributed by atoms with Crippen molar-refractivity contribution in [2.45, 2.75) is 0 Å². The number of anilines is 1. The first-order valence-electron chi connectivity index (χ1n) is 9.39. The molecule has 2 N–H and O–H groups in total. The van der Waals surface area contributed by atoms with Gasteiger partial charge in [0.2, 0.25) is 5.95 Å². The van der Waals surface area contributed by atoms with Gasteiger partial charge in [-0.3, -0.25) is 9.78 Å². The van der Waals surface area contributed by atoms with Crippen molar-refractivity contribution >= 4 is 23.8 Å². The van der Waals surface area contributed by atoms with Crippen molar-refractivity contribution in [3.63, 3.8) is 0 Å². The van der Waals surface area contributed by atoms with E-state index in [1.807, 2.05) is 72.8 Å². The van der Waals surface area contributed by atoms with Gasteiger partial charge >= 0.3 is 0 Å². The van der Waals surface area contributed by atoms with Crippen LogP contribution in [-0.2, 0) is 0 Å². The van der Waals surface area contributed by atoms with Gasteiger partial charge in [-0.25, -0.2) is 10.4 Å². The lowest BCUT2D eigenvalue weighted by molar-refractivity contribution is 1.08. The predicted molar refractivity (Wildman–Crippen MR) is 123 cm³/mol. The first-order chi connectivity index (χ1) is 15.1. The van der Waals surface area contributed by atoms with Gasteiger partial charge in [0.1, 0.15) is 11.6 Å². The number of nitriles is 1. The molecule has 0 atom stereocenters. The number of nitrogens with zero attached hydrogens (tertiary/aromatic N) is 3. The Morgan fingerprint density at radius 3 is 2.42 bits per heavy atom. The van der Waals surface area contributed by atoms with Crippen molar-refractivity contribution in [1.29, 1.82) is 5.26 Å². The quantitative estimate of drug-likeness (QED) is 0.344. The molecule has 0 fully saturated rings. The minimum Gasteiger partial charge on any atom is -0.290 e. The molecule has 4 rings (SSSR count). The van der Waals surface area contributed by atoms with Crippen molar-refractivity contribution in [3.05, 3.63) is 105 Å². The molecule has 31 heavy (non-hydrogen) atoms. The third-order valence-corrected chi connectivity index (χ3v) is 4.77. The Bertz CT molecular complexity index is 1340. The van der Waals surface area contributed by atoms with Crippen LogP contribution in [0.5, 0.6) is 0 Å². The second-order valence-electron chi connectivity index (χ2n) is 6.62. The average Bonchev–Trinajstić information content (AvgIpc) is 2.80. The number of hydrogen-bond acceptors (Lipinski definition) is 5. The number of halogens is 1. The maximum atomic E-state index is 12.3. The predicted octanol–water partition coefficient (Wildman–Crippen LogP) is 5.07. The molecule has 0 bridgehead atoms. The molecule has 0 saturated carbocycles. The third kappa shape index (κ3) is 4.69. The summed E-state index contributed by atoms with van der Waals surface area (Å²) in [5.41, 5.74) is 6.06. The molecule has 0 aliphatic heterocycles. The van der Waals surface area contributed by atoms with Crippen LogP contribution in [0.25, 0.3) is 22.4 Å². The molecule has 0 radical (unpaired) electrons. The van der Waals surface area contributed by atoms with Crippen molar-refractivity contribution in [1.82, 2.24) is 9.97 Å². The normalized spacial score (nSPS) is 10.7. The number of hydrazone groups is 1. The summed E-state index contributed by atoms with van der Waals surface area (Å²) in [7, 11) is 0. The molecule has 7 heteroatoms. The van der Waals surface area contributed by atoms with Gasteiger partial charge in [-0.15, -0.1) is 0 Å². The SMILES string of the molecule is N#Cc1c(-c2ccccc2)nc(NN=Cc2ccc(-c3cccc(Cl)c3)cc2)[nH]c1=O. The van der Waals surface area contributed by atoms with Gasteiger partial charge in [0, 0.05) is 10.6 Å². The van der Waals surface area contributed by atoms with Crippen LogP contribution < -0.4 is 11.0 Å². The summed E-state index contributed by atoms with van der Waals surface area (Å²) in [5, 5.41) is 14.2. The fourth-order valence-corrected chi connectivity index (χ4v) is 3.22. The summed E-state index contributed by atoms with van der Waals surface area (Å²) >= 11 is 6.05. The lowest BCUT2D eigenvalue weighted by Gasteiger charge is -2.06. The standard InChI is InChI=1S/C24H16ClN5O/c25-20-8-4-7-19(13-20)17-11-9-16(10-12-17)15-27-30-24-28-22(18-5-2-1-3-6-18)21(14-26)23(31)29-24/h1-13,15H,(H2,28,29,30,31). The first-order valence-corrected chi connectivity index (χ1v) is 9.77. The largest absolute Gasteiger partial charge is 0.290 e. The number of hydrogen-bond donors (Lipinski definition) is 2. The van der Waals surface area contributed by atoms with Gasteiger partial charge in [0.05, 0.1) is 11.9 Å². The number of rotatable bonds is 5. The molecule has 0 amide bonds. The summed E-state index contributed by atoms with van der Waals surface area (Å²) in [6, 6.07) is 26.4. The zero-order valence-electron chi connectivity index (χ0n) is 16.2. The highest BCUT2D eigenvalue weighted by Gasteiger charge is 2.12. The van der Waals surface area contributed by atoms with Crippen LogP contribution in [0.2, 0.25) is 5.02 Å². The molecule has 4 aromatic rings. The van der Waals surface area contributed by atoms with Gasteiger partial charge in [-0.2, -0.15) is 10.4 Å². The molecule has 0 unspecified atom stereocenters. The summed E-state index contributed by atoms with van der Waals surface area (Å²) in [6.45, 7) is 0. The minimum absolute atomic E-state index is 0.0441. The van der Waals surface area contributed by atoms with Crippen LogP contribution in [0.15, 0.2) is 88.8 Å². The summed E-state index contributed by atoms with van der Waals surface area (Å²) in [6.07, 6.45) is 1.61. The van der Waals surface area contributed by atoms with E-state index in [-0.39, 0.29) is 11.5 Å². The Morgan fingerprint density at radius 1 is 0.968 bits per heavy atom. The van der Waals surface area contributed by atoms with E-state index in [4.69, 9.17) is 11.6 Å². The Kier molecular flexibility index (Phi) is 5.88. The molecule has 3 aromatic carbocycles. The summed E-state index contributed by atoms with van der Waals surface area (Å²) in [4.78, 5) is 19.2. The van der Waals surface area contributed by atoms with E-state index < -0.39 is 5.56 Å². The molecular weight excluding hydrogens is 410 g/mol. The zero-order valence-corrected chi connectivity index (χ0v) is 17.0. The number of nitrogens with one attached hydrogen (secondary N) is 2. The number of aromatic amines is 1. The molecule has 0 spiro atoms. The van der Waals surface area contributed by atoms with Crippen molar-refractivity contribution in [2.75, 3.05) is 5.43 Å². The smallest absolute Gasteiger partial charge is 0.270 e. The summed E-state index contributed by atoms with van der Waals surface area (Å²) in [5.74, 6) is 0.148. The van der Waals surface area contributed by atoms with Crippen molar-refractivity contribution in [3.8, 4) is 28.5 Å². The second-order valence-corrected chi connectivity index (χ2v) is 7.05.